The van der Waals surface area contributed by atoms with Gasteiger partial charge < -0.3 is 10.3 Å². The van der Waals surface area contributed by atoms with E-state index in [4.69, 9.17) is 5.73 Å². The van der Waals surface area contributed by atoms with Crippen molar-refractivity contribution >= 4 is 5.91 Å². The van der Waals surface area contributed by atoms with Gasteiger partial charge in [0.1, 0.15) is 11.6 Å². The number of nitrogens with two attached hydrogens (primary N) is 1. The van der Waals surface area contributed by atoms with E-state index in [-0.39, 0.29) is 11.4 Å². The highest BCUT2D eigenvalue weighted by Crippen LogP contribution is 2.18. The molecule has 0 atom stereocenters. The summed E-state index contributed by atoms with van der Waals surface area (Å²) < 4.78 is 30.2. The molecule has 0 fully saturated rings. The first kappa shape index (κ1) is 10.2. The fourth-order valence-corrected chi connectivity index (χ4v) is 1.12. The van der Waals surface area contributed by atoms with Gasteiger partial charge in [0.05, 0.1) is 0 Å². The summed E-state index contributed by atoms with van der Waals surface area (Å²) in [6, 6.07) is 2.73. The van der Waals surface area contributed by atoms with Crippen molar-refractivity contribution in [2.75, 3.05) is 0 Å². The van der Waals surface area contributed by atoms with E-state index >= 15 is 0 Å². The molecule has 0 spiro atoms. The van der Waals surface area contributed by atoms with Crippen LogP contribution in [0.1, 0.15) is 10.7 Å². The van der Waals surface area contributed by atoms with Crippen molar-refractivity contribution < 1.29 is 18.1 Å². The number of halogens is 2. The highest BCUT2D eigenvalue weighted by molar-refractivity contribution is 5.88. The third-order valence-electron chi connectivity index (χ3n) is 1.76. The van der Waals surface area contributed by atoms with Crippen LogP contribution in [0.4, 0.5) is 8.78 Å². The molecule has 0 aliphatic heterocycles. The third-order valence-corrected chi connectivity index (χ3v) is 1.76. The molecule has 1 heterocycles. The van der Waals surface area contributed by atoms with E-state index in [2.05, 4.69) is 14.7 Å². The quantitative estimate of drug-likeness (QED) is 0.829. The van der Waals surface area contributed by atoms with Crippen LogP contribution in [0.2, 0.25) is 0 Å². The minimum absolute atomic E-state index is 0.0637. The Labute approximate surface area is 87.9 Å². The van der Waals surface area contributed by atoms with Crippen molar-refractivity contribution in [3.63, 3.8) is 0 Å². The van der Waals surface area contributed by atoms with Gasteiger partial charge in [0.15, 0.2) is 0 Å². The topological polar surface area (TPSA) is 82.0 Å². The molecule has 1 aromatic carbocycles. The smallest absolute Gasteiger partial charge is 0.316 e. The van der Waals surface area contributed by atoms with Crippen LogP contribution in [-0.2, 0) is 0 Å². The Kier molecular flexibility index (Phi) is 2.35. The summed E-state index contributed by atoms with van der Waals surface area (Å²) >= 11 is 0. The zero-order valence-corrected chi connectivity index (χ0v) is 7.78. The zero-order chi connectivity index (χ0) is 11.7. The molecule has 1 aromatic heterocycles. The average molecular weight is 225 g/mol. The Balaban J connectivity index is 2.46. The van der Waals surface area contributed by atoms with Crippen molar-refractivity contribution in [1.82, 2.24) is 10.1 Å². The number of hydrogen-bond acceptors (Lipinski definition) is 4. The molecule has 2 rings (SSSR count). The number of amides is 1. The molecule has 82 valence electrons. The van der Waals surface area contributed by atoms with Crippen molar-refractivity contribution in [2.45, 2.75) is 0 Å². The molecule has 0 saturated carbocycles. The van der Waals surface area contributed by atoms with E-state index < -0.39 is 23.4 Å². The Morgan fingerprint density at radius 2 is 1.88 bits per heavy atom. The summed E-state index contributed by atoms with van der Waals surface area (Å²) in [5.41, 5.74) is 4.95. The molecular weight excluding hydrogens is 220 g/mol. The third kappa shape index (κ3) is 1.88. The predicted molar refractivity (Wildman–Crippen MR) is 48.2 cm³/mol. The molecule has 2 N–H and O–H groups in total. The largest absolute Gasteiger partial charge is 0.361 e. The first-order valence-corrected chi connectivity index (χ1v) is 4.16. The molecule has 5 nitrogen and oxygen atoms in total. The number of nitrogens with zero attached hydrogens (tertiary/aromatic N) is 2. The number of hydrogen-bond donors (Lipinski definition) is 1. The van der Waals surface area contributed by atoms with Gasteiger partial charge in [-0.15, -0.1) is 0 Å². The molecule has 0 radical (unpaired) electrons. The van der Waals surface area contributed by atoms with E-state index in [0.29, 0.717) is 6.07 Å². The molecule has 0 aliphatic rings. The van der Waals surface area contributed by atoms with E-state index in [1.807, 2.05) is 0 Å². The maximum Gasteiger partial charge on any atom is 0.316 e. The van der Waals surface area contributed by atoms with Crippen molar-refractivity contribution in [3.05, 3.63) is 35.7 Å². The van der Waals surface area contributed by atoms with Crippen LogP contribution in [0.3, 0.4) is 0 Å². The van der Waals surface area contributed by atoms with Crippen LogP contribution in [0.5, 0.6) is 0 Å². The van der Waals surface area contributed by atoms with E-state index in [1.165, 1.54) is 0 Å². The molecule has 0 aliphatic carbocycles. The van der Waals surface area contributed by atoms with Gasteiger partial charge in [0, 0.05) is 11.6 Å². The minimum Gasteiger partial charge on any atom is -0.361 e. The standard InChI is InChI=1S/C9H5F2N3O2/c10-5-1-4(2-6(11)3-5)8-13-9(7(12)15)16-14-8/h1-3H,(H2,12,15). The van der Waals surface area contributed by atoms with Crippen LogP contribution in [-0.4, -0.2) is 16.0 Å². The normalized spacial score (nSPS) is 10.4. The van der Waals surface area contributed by atoms with Gasteiger partial charge in [-0.05, 0) is 12.1 Å². The summed E-state index contributed by atoms with van der Waals surface area (Å²) in [6.45, 7) is 0. The minimum atomic E-state index is -0.907. The van der Waals surface area contributed by atoms with Gasteiger partial charge in [-0.3, -0.25) is 4.79 Å². The summed E-state index contributed by atoms with van der Waals surface area (Å²) in [5, 5.41) is 3.37. The van der Waals surface area contributed by atoms with Crippen LogP contribution < -0.4 is 5.73 Å². The van der Waals surface area contributed by atoms with Gasteiger partial charge in [-0.25, -0.2) is 8.78 Å². The fourth-order valence-electron chi connectivity index (χ4n) is 1.12. The van der Waals surface area contributed by atoms with Gasteiger partial charge >= 0.3 is 11.8 Å². The van der Waals surface area contributed by atoms with Crippen LogP contribution in [0.25, 0.3) is 11.4 Å². The number of aromatic nitrogens is 2. The Morgan fingerprint density at radius 3 is 2.38 bits per heavy atom. The first-order chi connectivity index (χ1) is 7.56. The fraction of sp³-hybridized carbons (Fsp3) is 0. The monoisotopic (exact) mass is 225 g/mol. The lowest BCUT2D eigenvalue weighted by molar-refractivity contribution is 0.0958. The van der Waals surface area contributed by atoms with Crippen LogP contribution >= 0.6 is 0 Å². The summed E-state index contributed by atoms with van der Waals surface area (Å²) in [7, 11) is 0. The number of rotatable bonds is 2. The summed E-state index contributed by atoms with van der Waals surface area (Å²) in [4.78, 5) is 14.2. The van der Waals surface area contributed by atoms with E-state index in [9.17, 15) is 13.6 Å². The second kappa shape index (κ2) is 3.69. The lowest BCUT2D eigenvalue weighted by Crippen LogP contribution is -2.11. The summed E-state index contributed by atoms with van der Waals surface area (Å²) in [6.07, 6.45) is 0. The molecule has 0 bridgehead atoms. The molecule has 0 unspecified atom stereocenters. The second-order valence-corrected chi connectivity index (χ2v) is 2.95. The molecule has 0 saturated heterocycles. The van der Waals surface area contributed by atoms with Gasteiger partial charge in [-0.2, -0.15) is 4.98 Å². The molecule has 7 heteroatoms. The predicted octanol–water partition coefficient (Wildman–Crippen LogP) is 1.11. The van der Waals surface area contributed by atoms with E-state index in [0.717, 1.165) is 12.1 Å². The highest BCUT2D eigenvalue weighted by atomic mass is 19.1. The second-order valence-electron chi connectivity index (χ2n) is 2.95. The molecule has 2 aromatic rings. The van der Waals surface area contributed by atoms with Crippen molar-refractivity contribution in [1.29, 1.82) is 0 Å². The highest BCUT2D eigenvalue weighted by Gasteiger charge is 2.14. The van der Waals surface area contributed by atoms with E-state index in [1.54, 1.807) is 0 Å². The van der Waals surface area contributed by atoms with Gasteiger partial charge in [-0.1, -0.05) is 5.16 Å². The maximum atomic E-state index is 12.9. The average Bonchev–Trinajstić information content (AvgIpc) is 2.64. The number of primary amides is 1. The summed E-state index contributed by atoms with van der Waals surface area (Å²) in [5.74, 6) is -2.98. The maximum absolute atomic E-state index is 12.9. The Bertz CT molecular complexity index is 533. The number of benzene rings is 1. The van der Waals surface area contributed by atoms with Crippen molar-refractivity contribution in [2.24, 2.45) is 5.73 Å². The zero-order valence-electron chi connectivity index (χ0n) is 7.78. The van der Waals surface area contributed by atoms with Crippen molar-refractivity contribution in [3.8, 4) is 11.4 Å². The van der Waals surface area contributed by atoms with Gasteiger partial charge in [0.2, 0.25) is 5.82 Å². The molecular formula is C9H5F2N3O2. The number of carbonyl (C=O) groups is 1. The Hall–Kier alpha value is -2.31. The SMILES string of the molecule is NC(=O)c1nc(-c2cc(F)cc(F)c2)no1. The Morgan fingerprint density at radius 1 is 1.25 bits per heavy atom. The van der Waals surface area contributed by atoms with Gasteiger partial charge in [0.25, 0.3) is 0 Å². The molecule has 16 heavy (non-hydrogen) atoms. The number of carbonyl (C=O) groups excluding carboxylic acids is 1. The molecule has 1 amide bonds. The van der Waals surface area contributed by atoms with Crippen LogP contribution in [0.15, 0.2) is 22.7 Å². The van der Waals surface area contributed by atoms with Crippen LogP contribution in [0, 0.1) is 11.6 Å². The lowest BCUT2D eigenvalue weighted by atomic mass is 10.2. The lowest BCUT2D eigenvalue weighted by Gasteiger charge is -1.95. The first-order valence-electron chi connectivity index (χ1n) is 4.16.